The smallest absolute Gasteiger partial charge is 0.264 e. The van der Waals surface area contributed by atoms with Crippen LogP contribution in [0.1, 0.15) is 18.2 Å². The molecule has 1 N–H and O–H groups in total. The summed E-state index contributed by atoms with van der Waals surface area (Å²) < 4.78 is 14.2. The van der Waals surface area contributed by atoms with Crippen LogP contribution in [0.3, 0.4) is 0 Å². The van der Waals surface area contributed by atoms with Gasteiger partial charge in [0.2, 0.25) is 5.91 Å². The van der Waals surface area contributed by atoms with Crippen molar-refractivity contribution in [3.05, 3.63) is 75.9 Å². The molecule has 4 rings (SSSR count). The maximum absolute atomic E-state index is 14.2. The van der Waals surface area contributed by atoms with E-state index in [4.69, 9.17) is 0 Å². The third-order valence-corrected chi connectivity index (χ3v) is 6.13. The van der Waals surface area contributed by atoms with Crippen molar-refractivity contribution in [3.8, 4) is 0 Å². The molecule has 9 heteroatoms. The van der Waals surface area contributed by atoms with Crippen LogP contribution in [0, 0.1) is 12.7 Å². The lowest BCUT2D eigenvalue weighted by atomic mass is 10.2. The van der Waals surface area contributed by atoms with Crippen LogP contribution in [0.2, 0.25) is 0 Å². The summed E-state index contributed by atoms with van der Waals surface area (Å²) in [7, 11) is 0. The van der Waals surface area contributed by atoms with Crippen LogP contribution in [0.25, 0.3) is 6.08 Å². The number of amidine groups is 1. The highest BCUT2D eigenvalue weighted by atomic mass is 32.2. The van der Waals surface area contributed by atoms with Crippen molar-refractivity contribution in [2.45, 2.75) is 13.8 Å². The van der Waals surface area contributed by atoms with Gasteiger partial charge in [0.25, 0.3) is 5.91 Å². The molecule has 0 bridgehead atoms. The molecule has 1 aromatic heterocycles. The first-order chi connectivity index (χ1) is 14.9. The molecule has 0 spiro atoms. The Bertz CT molecular complexity index is 1240. The molecule has 0 unspecified atom stereocenters. The zero-order valence-electron chi connectivity index (χ0n) is 16.6. The van der Waals surface area contributed by atoms with Gasteiger partial charge in [0.1, 0.15) is 5.82 Å². The fraction of sp³-hybridized carbons (Fsp3) is 0.0909. The van der Waals surface area contributed by atoms with Crippen LogP contribution in [0.15, 0.2) is 63.8 Å². The molecule has 31 heavy (non-hydrogen) atoms. The summed E-state index contributed by atoms with van der Waals surface area (Å²) in [5.74, 6) is -1.15. The largest absolute Gasteiger partial charge is 0.300 e. The SMILES string of the molecule is CC(=O)N(c1nc(/C=C2\SC(=Nc3ccccc3C)NC2=O)cs1)c1ccccc1F. The molecule has 1 aliphatic heterocycles. The molecule has 1 aliphatic rings. The van der Waals surface area contributed by atoms with Crippen molar-refractivity contribution in [1.29, 1.82) is 0 Å². The predicted molar refractivity (Wildman–Crippen MR) is 123 cm³/mol. The third kappa shape index (κ3) is 4.57. The standard InChI is InChI=1S/C22H17FN4O2S2/c1-13-7-3-5-9-17(13)25-21-26-20(29)19(31-21)11-15-12-30-22(24-15)27(14(2)28)18-10-6-4-8-16(18)23/h3-12H,1-2H3,(H,25,26,29)/b19-11-. The third-order valence-electron chi connectivity index (χ3n) is 4.38. The predicted octanol–water partition coefficient (Wildman–Crippen LogP) is 5.17. The summed E-state index contributed by atoms with van der Waals surface area (Å²) in [5, 5.41) is 5.26. The number of thioether (sulfide) groups is 1. The minimum absolute atomic E-state index is 0.129. The number of carbonyl (C=O) groups excluding carboxylic acids is 2. The first-order valence-electron chi connectivity index (χ1n) is 9.28. The van der Waals surface area contributed by atoms with E-state index in [-0.39, 0.29) is 17.5 Å². The highest BCUT2D eigenvalue weighted by Crippen LogP contribution is 2.33. The summed E-state index contributed by atoms with van der Waals surface area (Å²) in [5.41, 5.74) is 2.41. The summed E-state index contributed by atoms with van der Waals surface area (Å²) >= 11 is 2.41. The van der Waals surface area contributed by atoms with Crippen LogP contribution in [0.4, 0.5) is 20.9 Å². The molecule has 156 valence electrons. The minimum Gasteiger partial charge on any atom is -0.300 e. The summed E-state index contributed by atoms with van der Waals surface area (Å²) in [4.78, 5) is 35.1. The lowest BCUT2D eigenvalue weighted by molar-refractivity contribution is -0.116. The average Bonchev–Trinajstić information content (AvgIpc) is 3.32. The van der Waals surface area contributed by atoms with Crippen molar-refractivity contribution < 1.29 is 14.0 Å². The summed E-state index contributed by atoms with van der Waals surface area (Å²) in [6.07, 6.45) is 1.63. The van der Waals surface area contributed by atoms with E-state index >= 15 is 0 Å². The van der Waals surface area contributed by atoms with Gasteiger partial charge < -0.3 is 5.32 Å². The minimum atomic E-state index is -0.518. The zero-order chi connectivity index (χ0) is 22.0. The number of halogens is 1. The fourth-order valence-electron chi connectivity index (χ4n) is 2.90. The van der Waals surface area contributed by atoms with E-state index in [9.17, 15) is 14.0 Å². The molecule has 2 heterocycles. The van der Waals surface area contributed by atoms with Gasteiger partial charge in [-0.05, 0) is 48.5 Å². The Balaban J connectivity index is 1.59. The maximum Gasteiger partial charge on any atom is 0.264 e. The Morgan fingerprint density at radius 2 is 1.94 bits per heavy atom. The second kappa shape index (κ2) is 8.83. The average molecular weight is 453 g/mol. The van der Waals surface area contributed by atoms with E-state index in [2.05, 4.69) is 15.3 Å². The number of amides is 2. The second-order valence-electron chi connectivity index (χ2n) is 6.63. The van der Waals surface area contributed by atoms with Crippen molar-refractivity contribution in [2.75, 3.05) is 4.90 Å². The highest BCUT2D eigenvalue weighted by Gasteiger charge is 2.25. The number of nitrogens with zero attached hydrogens (tertiary/aromatic N) is 3. The van der Waals surface area contributed by atoms with Crippen molar-refractivity contribution in [2.24, 2.45) is 4.99 Å². The fourth-order valence-corrected chi connectivity index (χ4v) is 4.56. The number of hydrogen-bond donors (Lipinski definition) is 1. The van der Waals surface area contributed by atoms with Gasteiger partial charge in [0, 0.05) is 12.3 Å². The van der Waals surface area contributed by atoms with E-state index in [1.807, 2.05) is 31.2 Å². The van der Waals surface area contributed by atoms with E-state index < -0.39 is 5.82 Å². The van der Waals surface area contributed by atoms with Crippen LogP contribution in [-0.2, 0) is 9.59 Å². The molecule has 2 aromatic carbocycles. The molecule has 1 fully saturated rings. The Hall–Kier alpha value is -3.30. The number of carbonyl (C=O) groups is 2. The number of hydrogen-bond acceptors (Lipinski definition) is 6. The molecule has 6 nitrogen and oxygen atoms in total. The van der Waals surface area contributed by atoms with E-state index in [0.717, 1.165) is 11.3 Å². The number of anilines is 2. The van der Waals surface area contributed by atoms with E-state index in [0.29, 0.717) is 20.9 Å². The van der Waals surface area contributed by atoms with E-state index in [1.165, 1.54) is 47.1 Å². The van der Waals surface area contributed by atoms with Gasteiger partial charge in [-0.15, -0.1) is 11.3 Å². The van der Waals surface area contributed by atoms with Gasteiger partial charge in [0.15, 0.2) is 10.3 Å². The van der Waals surface area contributed by atoms with Crippen LogP contribution in [0.5, 0.6) is 0 Å². The Morgan fingerprint density at radius 1 is 1.19 bits per heavy atom. The van der Waals surface area contributed by atoms with Gasteiger partial charge in [-0.1, -0.05) is 30.3 Å². The topological polar surface area (TPSA) is 74.7 Å². The van der Waals surface area contributed by atoms with E-state index in [1.54, 1.807) is 23.6 Å². The van der Waals surface area contributed by atoms with Gasteiger partial charge in [-0.3, -0.25) is 14.5 Å². The van der Waals surface area contributed by atoms with Crippen molar-refractivity contribution in [3.63, 3.8) is 0 Å². The number of thiazole rings is 1. The molecule has 0 saturated carbocycles. The molecule has 0 radical (unpaired) electrons. The quantitative estimate of drug-likeness (QED) is 0.555. The number of benzene rings is 2. The van der Waals surface area contributed by atoms with Crippen molar-refractivity contribution in [1.82, 2.24) is 10.3 Å². The van der Waals surface area contributed by atoms with Gasteiger partial charge >= 0.3 is 0 Å². The van der Waals surface area contributed by atoms with Gasteiger partial charge in [-0.25, -0.2) is 14.4 Å². The number of rotatable bonds is 4. The number of nitrogens with one attached hydrogen (secondary N) is 1. The molecule has 1 saturated heterocycles. The normalized spacial score (nSPS) is 16.0. The van der Waals surface area contributed by atoms with Crippen molar-refractivity contribution >= 4 is 62.7 Å². The summed E-state index contributed by atoms with van der Waals surface area (Å²) in [6.45, 7) is 3.30. The molecule has 2 amide bonds. The molecule has 3 aromatic rings. The number of aromatic nitrogens is 1. The first kappa shape index (κ1) is 21.0. The molecular formula is C22H17FN4O2S2. The molecular weight excluding hydrogens is 435 g/mol. The van der Waals surface area contributed by atoms with Crippen LogP contribution >= 0.6 is 23.1 Å². The monoisotopic (exact) mass is 452 g/mol. The highest BCUT2D eigenvalue weighted by molar-refractivity contribution is 8.18. The molecule has 0 atom stereocenters. The Kier molecular flexibility index (Phi) is 5.97. The second-order valence-corrected chi connectivity index (χ2v) is 8.50. The number of aliphatic imine (C=N–C) groups is 1. The van der Waals surface area contributed by atoms with Gasteiger partial charge in [-0.2, -0.15) is 0 Å². The van der Waals surface area contributed by atoms with Crippen LogP contribution in [-0.4, -0.2) is 22.0 Å². The zero-order valence-corrected chi connectivity index (χ0v) is 18.3. The lowest BCUT2D eigenvalue weighted by Gasteiger charge is -2.18. The number of para-hydroxylation sites is 2. The maximum atomic E-state index is 14.2. The van der Waals surface area contributed by atoms with Crippen LogP contribution < -0.4 is 10.2 Å². The first-order valence-corrected chi connectivity index (χ1v) is 11.0. The number of aryl methyl sites for hydroxylation is 1. The molecule has 0 aliphatic carbocycles. The Morgan fingerprint density at radius 3 is 2.68 bits per heavy atom. The van der Waals surface area contributed by atoms with Gasteiger partial charge in [0.05, 0.1) is 22.0 Å². The lowest BCUT2D eigenvalue weighted by Crippen LogP contribution is -2.23. The summed E-state index contributed by atoms with van der Waals surface area (Å²) in [6, 6.07) is 13.7. The Labute approximate surface area is 186 Å².